The molecule has 1 aromatic heterocycles. The van der Waals surface area contributed by atoms with Gasteiger partial charge in [-0.3, -0.25) is 10.2 Å². The molecule has 1 amide bonds. The molecule has 3 N–H and O–H groups in total. The number of aryl methyl sites for hydroxylation is 1. The lowest BCUT2D eigenvalue weighted by molar-refractivity contribution is 0.0625. The molecule has 1 saturated carbocycles. The summed E-state index contributed by atoms with van der Waals surface area (Å²) >= 11 is 0. The van der Waals surface area contributed by atoms with Crippen LogP contribution in [-0.2, 0) is 11.3 Å². The minimum Gasteiger partial charge on any atom is -0.453 e. The summed E-state index contributed by atoms with van der Waals surface area (Å²) in [5.74, 6) is 6.30. The highest BCUT2D eigenvalue weighted by Gasteiger charge is 2.16. The smallest absolute Gasteiger partial charge is 0.301 e. The maximum atomic E-state index is 11.4. The van der Waals surface area contributed by atoms with E-state index < -0.39 is 5.91 Å². The second-order valence-corrected chi connectivity index (χ2v) is 5.22. The van der Waals surface area contributed by atoms with Gasteiger partial charge in [0.1, 0.15) is 12.4 Å². The maximum Gasteiger partial charge on any atom is 0.301 e. The lowest BCUT2D eigenvalue weighted by Gasteiger charge is -2.20. The quantitative estimate of drug-likeness (QED) is 0.487. The first-order valence-electron chi connectivity index (χ1n) is 6.88. The average molecular weight is 266 g/mol. The van der Waals surface area contributed by atoms with Gasteiger partial charge in [-0.15, -0.1) is 0 Å². The van der Waals surface area contributed by atoms with Gasteiger partial charge in [0.2, 0.25) is 0 Å². The molecule has 0 aliphatic heterocycles. The molecule has 0 bridgehead atoms. The molecule has 1 aliphatic rings. The number of rotatable bonds is 5. The summed E-state index contributed by atoms with van der Waals surface area (Å²) in [5.41, 5.74) is 2.85. The summed E-state index contributed by atoms with van der Waals surface area (Å²) in [7, 11) is 0. The Hall–Kier alpha value is -1.33. The Morgan fingerprint density at radius 2 is 2.21 bits per heavy atom. The van der Waals surface area contributed by atoms with E-state index in [1.54, 1.807) is 0 Å². The lowest BCUT2D eigenvalue weighted by atomic mass is 9.90. The van der Waals surface area contributed by atoms with E-state index >= 15 is 0 Å². The van der Waals surface area contributed by atoms with E-state index in [9.17, 15) is 4.79 Å². The molecule has 1 fully saturated rings. The van der Waals surface area contributed by atoms with Crippen molar-refractivity contribution in [2.45, 2.75) is 45.6 Å². The highest BCUT2D eigenvalue weighted by Crippen LogP contribution is 2.24. The van der Waals surface area contributed by atoms with Crippen molar-refractivity contribution >= 4 is 5.91 Å². The molecular weight excluding hydrogens is 244 g/mol. The minimum absolute atomic E-state index is 0.263. The molecule has 0 radical (unpaired) electrons. The van der Waals surface area contributed by atoms with Crippen LogP contribution in [0.25, 0.3) is 0 Å². The Balaban J connectivity index is 1.81. The van der Waals surface area contributed by atoms with Gasteiger partial charge in [0.25, 0.3) is 0 Å². The van der Waals surface area contributed by atoms with Gasteiger partial charge < -0.3 is 9.15 Å². The number of hydrazine groups is 1. The zero-order valence-corrected chi connectivity index (χ0v) is 11.4. The normalized spacial score (nSPS) is 16.5. The van der Waals surface area contributed by atoms with E-state index in [2.05, 4.69) is 5.43 Å². The molecule has 0 unspecified atom stereocenters. The summed E-state index contributed by atoms with van der Waals surface area (Å²) in [5, 5.41) is 0. The number of ether oxygens (including phenoxy) is 1. The van der Waals surface area contributed by atoms with Gasteiger partial charge in [-0.25, -0.2) is 5.84 Å². The summed E-state index contributed by atoms with van der Waals surface area (Å²) in [6.45, 7) is 3.01. The predicted molar refractivity (Wildman–Crippen MR) is 71.3 cm³/mol. The molecule has 106 valence electrons. The summed E-state index contributed by atoms with van der Waals surface area (Å²) < 4.78 is 11.1. The fraction of sp³-hybridized carbons (Fsp3) is 0.643. The van der Waals surface area contributed by atoms with Crippen LogP contribution < -0.4 is 11.3 Å². The van der Waals surface area contributed by atoms with E-state index in [1.807, 2.05) is 13.0 Å². The molecular formula is C14H22N2O3. The summed E-state index contributed by atoms with van der Waals surface area (Å²) in [4.78, 5) is 11.4. The first-order chi connectivity index (χ1) is 9.20. The molecule has 1 heterocycles. The van der Waals surface area contributed by atoms with Crippen LogP contribution in [0, 0.1) is 12.8 Å². The van der Waals surface area contributed by atoms with Crippen LogP contribution in [0.15, 0.2) is 10.5 Å². The van der Waals surface area contributed by atoms with Crippen LogP contribution in [-0.4, -0.2) is 12.5 Å². The predicted octanol–water partition coefficient (Wildman–Crippen LogP) is 2.29. The fourth-order valence-electron chi connectivity index (χ4n) is 2.59. The molecule has 0 saturated heterocycles. The van der Waals surface area contributed by atoms with Crippen molar-refractivity contribution < 1.29 is 13.9 Å². The molecule has 19 heavy (non-hydrogen) atoms. The SMILES string of the molecule is Cc1cc(COCC2CCCCC2)oc1C(=O)NN. The van der Waals surface area contributed by atoms with E-state index in [-0.39, 0.29) is 5.76 Å². The molecule has 0 spiro atoms. The van der Waals surface area contributed by atoms with Gasteiger partial charge in [0.15, 0.2) is 5.76 Å². The summed E-state index contributed by atoms with van der Waals surface area (Å²) in [6, 6.07) is 1.82. The van der Waals surface area contributed by atoms with Crippen molar-refractivity contribution in [2.24, 2.45) is 11.8 Å². The first kappa shape index (κ1) is 14.1. The van der Waals surface area contributed by atoms with Crippen LogP contribution in [0.5, 0.6) is 0 Å². The highest BCUT2D eigenvalue weighted by molar-refractivity contribution is 5.92. The number of carbonyl (C=O) groups excluding carboxylic acids is 1. The van der Waals surface area contributed by atoms with Crippen molar-refractivity contribution in [1.29, 1.82) is 0 Å². The van der Waals surface area contributed by atoms with Crippen LogP contribution in [0.1, 0.15) is 54.0 Å². The maximum absolute atomic E-state index is 11.4. The van der Waals surface area contributed by atoms with Gasteiger partial charge in [0.05, 0.1) is 0 Å². The van der Waals surface area contributed by atoms with Crippen molar-refractivity contribution in [3.63, 3.8) is 0 Å². The molecule has 1 aliphatic carbocycles. The Bertz CT molecular complexity index is 422. The highest BCUT2D eigenvalue weighted by atomic mass is 16.5. The molecule has 0 atom stereocenters. The van der Waals surface area contributed by atoms with Gasteiger partial charge in [-0.1, -0.05) is 19.3 Å². The van der Waals surface area contributed by atoms with Crippen molar-refractivity contribution in [2.75, 3.05) is 6.61 Å². The number of amides is 1. The van der Waals surface area contributed by atoms with E-state index in [0.29, 0.717) is 18.3 Å². The number of hydrogen-bond acceptors (Lipinski definition) is 4. The molecule has 5 nitrogen and oxygen atoms in total. The number of nitrogens with two attached hydrogens (primary N) is 1. The van der Waals surface area contributed by atoms with E-state index in [4.69, 9.17) is 15.0 Å². The molecule has 1 aromatic rings. The van der Waals surface area contributed by atoms with Crippen LogP contribution in [0.3, 0.4) is 0 Å². The monoisotopic (exact) mass is 266 g/mol. The average Bonchev–Trinajstić information content (AvgIpc) is 2.80. The Morgan fingerprint density at radius 1 is 1.47 bits per heavy atom. The van der Waals surface area contributed by atoms with Gasteiger partial charge in [-0.05, 0) is 31.7 Å². The third-order valence-corrected chi connectivity index (χ3v) is 3.63. The number of furan rings is 1. The largest absolute Gasteiger partial charge is 0.453 e. The standard InChI is InChI=1S/C14H22N2O3/c1-10-7-12(19-13(10)14(17)16-15)9-18-8-11-5-3-2-4-6-11/h7,11H,2-6,8-9,15H2,1H3,(H,16,17). The molecule has 2 rings (SSSR count). The van der Waals surface area contributed by atoms with Crippen molar-refractivity contribution in [3.05, 3.63) is 23.2 Å². The van der Waals surface area contributed by atoms with Crippen LogP contribution in [0.2, 0.25) is 0 Å². The second kappa shape index (κ2) is 6.73. The molecule has 0 aromatic carbocycles. The Kier molecular flexibility index (Phi) is 4.99. The topological polar surface area (TPSA) is 77.5 Å². The van der Waals surface area contributed by atoms with Gasteiger partial charge >= 0.3 is 5.91 Å². The minimum atomic E-state index is -0.406. The van der Waals surface area contributed by atoms with Crippen LogP contribution in [0.4, 0.5) is 0 Å². The fourth-order valence-corrected chi connectivity index (χ4v) is 2.59. The number of nitrogens with one attached hydrogen (secondary N) is 1. The van der Waals surface area contributed by atoms with Crippen molar-refractivity contribution in [1.82, 2.24) is 5.43 Å². The zero-order valence-electron chi connectivity index (χ0n) is 11.4. The number of carbonyl (C=O) groups is 1. The van der Waals surface area contributed by atoms with Crippen molar-refractivity contribution in [3.8, 4) is 0 Å². The number of nitrogen functional groups attached to an aromatic ring is 1. The van der Waals surface area contributed by atoms with E-state index in [0.717, 1.165) is 12.2 Å². The van der Waals surface area contributed by atoms with Crippen LogP contribution >= 0.6 is 0 Å². The van der Waals surface area contributed by atoms with Gasteiger partial charge in [0, 0.05) is 12.2 Å². The molecule has 5 heteroatoms. The third-order valence-electron chi connectivity index (χ3n) is 3.63. The first-order valence-corrected chi connectivity index (χ1v) is 6.88. The zero-order chi connectivity index (χ0) is 13.7. The Morgan fingerprint density at radius 3 is 2.89 bits per heavy atom. The van der Waals surface area contributed by atoms with Gasteiger partial charge in [-0.2, -0.15) is 0 Å². The Labute approximate surface area is 113 Å². The second-order valence-electron chi connectivity index (χ2n) is 5.22. The third kappa shape index (κ3) is 3.81. The van der Waals surface area contributed by atoms with E-state index in [1.165, 1.54) is 32.1 Å². The lowest BCUT2D eigenvalue weighted by Crippen LogP contribution is -2.30. The number of hydrogen-bond donors (Lipinski definition) is 2. The summed E-state index contributed by atoms with van der Waals surface area (Å²) in [6.07, 6.45) is 6.50.